The molecule has 2 N–H and O–H groups in total. The molecule has 1 saturated carbocycles. The first-order valence-corrected chi connectivity index (χ1v) is 8.24. The Balaban J connectivity index is 1.90. The van der Waals surface area contributed by atoms with Gasteiger partial charge in [-0.2, -0.15) is 5.10 Å². The number of nitro benzene ring substituents is 1. The van der Waals surface area contributed by atoms with Gasteiger partial charge in [0.2, 0.25) is 0 Å². The standard InChI is InChI=1S/C16H22N4O2S/c1-11-5-3-4-6-15(11)17-16(23)19-18-12(2)13-7-9-14(10-8-13)20(21)22/h7-11,15H,3-6H2,1-2H3,(H2,17,19,23)/b18-12-/t11-,15+/m0/s1. The molecule has 1 aliphatic carbocycles. The molecule has 0 saturated heterocycles. The second-order valence-electron chi connectivity index (χ2n) is 5.95. The predicted octanol–water partition coefficient (Wildman–Crippen LogP) is 3.36. The zero-order valence-electron chi connectivity index (χ0n) is 13.4. The molecule has 0 radical (unpaired) electrons. The summed E-state index contributed by atoms with van der Waals surface area (Å²) >= 11 is 5.29. The Hall–Kier alpha value is -2.02. The lowest BCUT2D eigenvalue weighted by molar-refractivity contribution is -0.384. The minimum atomic E-state index is -0.418. The number of benzene rings is 1. The first-order valence-electron chi connectivity index (χ1n) is 7.83. The van der Waals surface area contributed by atoms with Crippen LogP contribution in [0.25, 0.3) is 0 Å². The van der Waals surface area contributed by atoms with Crippen LogP contribution in [0.5, 0.6) is 0 Å². The van der Waals surface area contributed by atoms with Crippen molar-refractivity contribution in [2.45, 2.75) is 45.6 Å². The molecule has 124 valence electrons. The summed E-state index contributed by atoms with van der Waals surface area (Å²) in [6, 6.07) is 6.69. The summed E-state index contributed by atoms with van der Waals surface area (Å²) in [6.07, 6.45) is 4.88. The maximum absolute atomic E-state index is 10.7. The summed E-state index contributed by atoms with van der Waals surface area (Å²) in [5, 5.41) is 18.7. The van der Waals surface area contributed by atoms with Crippen LogP contribution in [0.1, 0.15) is 45.1 Å². The van der Waals surface area contributed by atoms with Crippen molar-refractivity contribution < 1.29 is 4.92 Å². The van der Waals surface area contributed by atoms with Gasteiger partial charge >= 0.3 is 0 Å². The maximum atomic E-state index is 10.7. The van der Waals surface area contributed by atoms with Crippen molar-refractivity contribution in [3.8, 4) is 0 Å². The van der Waals surface area contributed by atoms with Gasteiger partial charge in [-0.3, -0.25) is 15.5 Å². The van der Waals surface area contributed by atoms with Gasteiger partial charge in [-0.1, -0.05) is 19.8 Å². The van der Waals surface area contributed by atoms with E-state index in [0.717, 1.165) is 17.7 Å². The van der Waals surface area contributed by atoms with Crippen LogP contribution in [0.2, 0.25) is 0 Å². The molecule has 1 fully saturated rings. The maximum Gasteiger partial charge on any atom is 0.269 e. The summed E-state index contributed by atoms with van der Waals surface area (Å²) in [5.41, 5.74) is 4.47. The molecule has 2 rings (SSSR count). The van der Waals surface area contributed by atoms with Crippen LogP contribution in [0.3, 0.4) is 0 Å². The average molecular weight is 334 g/mol. The Morgan fingerprint density at radius 3 is 2.57 bits per heavy atom. The lowest BCUT2D eigenvalue weighted by atomic mass is 9.86. The molecule has 1 aromatic carbocycles. The molecule has 1 aromatic rings. The zero-order valence-corrected chi connectivity index (χ0v) is 14.2. The normalized spacial score (nSPS) is 21.6. The van der Waals surface area contributed by atoms with E-state index < -0.39 is 4.92 Å². The Kier molecular flexibility index (Phi) is 6.04. The van der Waals surface area contributed by atoms with Crippen LogP contribution in [0, 0.1) is 16.0 Å². The largest absolute Gasteiger partial charge is 0.358 e. The summed E-state index contributed by atoms with van der Waals surface area (Å²) in [5.74, 6) is 0.614. The highest BCUT2D eigenvalue weighted by molar-refractivity contribution is 7.80. The number of hydrazone groups is 1. The Bertz CT molecular complexity index is 601. The molecule has 2 atom stereocenters. The third-order valence-electron chi connectivity index (χ3n) is 4.25. The van der Waals surface area contributed by atoms with Crippen molar-refractivity contribution in [3.63, 3.8) is 0 Å². The van der Waals surface area contributed by atoms with Gasteiger partial charge in [-0.25, -0.2) is 0 Å². The highest BCUT2D eigenvalue weighted by Crippen LogP contribution is 2.23. The average Bonchev–Trinajstić information content (AvgIpc) is 2.55. The first kappa shape index (κ1) is 17.3. The van der Waals surface area contributed by atoms with Gasteiger partial charge in [0.1, 0.15) is 0 Å². The van der Waals surface area contributed by atoms with Gasteiger partial charge in [0.25, 0.3) is 5.69 Å². The number of rotatable bonds is 4. The van der Waals surface area contributed by atoms with Gasteiger partial charge < -0.3 is 5.32 Å². The second kappa shape index (κ2) is 8.01. The zero-order chi connectivity index (χ0) is 16.8. The van der Waals surface area contributed by atoms with E-state index >= 15 is 0 Å². The van der Waals surface area contributed by atoms with Crippen LogP contribution in [-0.4, -0.2) is 21.8 Å². The molecular formula is C16H22N4O2S. The summed E-state index contributed by atoms with van der Waals surface area (Å²) < 4.78 is 0. The van der Waals surface area contributed by atoms with Crippen LogP contribution in [0.4, 0.5) is 5.69 Å². The highest BCUT2D eigenvalue weighted by Gasteiger charge is 2.21. The number of nitrogens with zero attached hydrogens (tertiary/aromatic N) is 2. The number of thiocarbonyl (C=S) groups is 1. The van der Waals surface area contributed by atoms with Gasteiger partial charge in [0, 0.05) is 18.2 Å². The fourth-order valence-electron chi connectivity index (χ4n) is 2.75. The number of non-ortho nitro benzene ring substituents is 1. The van der Waals surface area contributed by atoms with Gasteiger partial charge in [0.05, 0.1) is 10.6 Å². The van der Waals surface area contributed by atoms with E-state index in [1.54, 1.807) is 12.1 Å². The van der Waals surface area contributed by atoms with Crippen LogP contribution in [0.15, 0.2) is 29.4 Å². The van der Waals surface area contributed by atoms with Crippen molar-refractivity contribution in [3.05, 3.63) is 39.9 Å². The molecule has 0 aliphatic heterocycles. The fraction of sp³-hybridized carbons (Fsp3) is 0.500. The van der Waals surface area contributed by atoms with E-state index in [0.29, 0.717) is 17.1 Å². The van der Waals surface area contributed by atoms with Gasteiger partial charge in [-0.05, 0) is 55.6 Å². The summed E-state index contributed by atoms with van der Waals surface area (Å²) in [4.78, 5) is 10.2. The van der Waals surface area contributed by atoms with E-state index in [4.69, 9.17) is 12.2 Å². The van der Waals surface area contributed by atoms with Crippen LogP contribution in [-0.2, 0) is 0 Å². The van der Waals surface area contributed by atoms with Crippen molar-refractivity contribution >= 4 is 28.7 Å². The third kappa shape index (κ3) is 4.99. The van der Waals surface area contributed by atoms with E-state index in [1.165, 1.54) is 31.4 Å². The SMILES string of the molecule is C/C(=N/NC(=S)N[C@@H]1CCCC[C@@H]1C)c1ccc([N+](=O)[O-])cc1. The van der Waals surface area contributed by atoms with E-state index in [-0.39, 0.29) is 5.69 Å². The van der Waals surface area contributed by atoms with Gasteiger partial charge in [0.15, 0.2) is 5.11 Å². The molecule has 0 heterocycles. The molecule has 0 amide bonds. The molecule has 0 aromatic heterocycles. The molecule has 23 heavy (non-hydrogen) atoms. The molecule has 1 aliphatic rings. The summed E-state index contributed by atoms with van der Waals surface area (Å²) in [7, 11) is 0. The molecular weight excluding hydrogens is 312 g/mol. The van der Waals surface area contributed by atoms with Crippen molar-refractivity contribution in [2.75, 3.05) is 0 Å². The quantitative estimate of drug-likeness (QED) is 0.382. The molecule has 6 nitrogen and oxygen atoms in total. The van der Waals surface area contributed by atoms with Crippen molar-refractivity contribution in [1.29, 1.82) is 0 Å². The Labute approximate surface area is 141 Å². The second-order valence-corrected chi connectivity index (χ2v) is 6.36. The molecule has 0 unspecified atom stereocenters. The number of hydrogen-bond acceptors (Lipinski definition) is 4. The van der Waals surface area contributed by atoms with Crippen molar-refractivity contribution in [1.82, 2.24) is 10.7 Å². The van der Waals surface area contributed by atoms with E-state index in [9.17, 15) is 10.1 Å². The van der Waals surface area contributed by atoms with Crippen LogP contribution < -0.4 is 10.7 Å². The lowest BCUT2D eigenvalue weighted by Crippen LogP contribution is -2.44. The predicted molar refractivity (Wildman–Crippen MR) is 95.6 cm³/mol. The Morgan fingerprint density at radius 1 is 1.30 bits per heavy atom. The summed E-state index contributed by atoms with van der Waals surface area (Å²) in [6.45, 7) is 4.07. The van der Waals surface area contributed by atoms with Crippen LogP contribution >= 0.6 is 12.2 Å². The fourth-order valence-corrected chi connectivity index (χ4v) is 2.95. The monoisotopic (exact) mass is 334 g/mol. The third-order valence-corrected chi connectivity index (χ3v) is 4.46. The Morgan fingerprint density at radius 2 is 1.96 bits per heavy atom. The highest BCUT2D eigenvalue weighted by atomic mass is 32.1. The molecule has 0 bridgehead atoms. The minimum Gasteiger partial charge on any atom is -0.358 e. The number of hydrogen-bond donors (Lipinski definition) is 2. The smallest absolute Gasteiger partial charge is 0.269 e. The van der Waals surface area contributed by atoms with E-state index in [1.807, 2.05) is 6.92 Å². The molecule has 0 spiro atoms. The lowest BCUT2D eigenvalue weighted by Gasteiger charge is -2.30. The van der Waals surface area contributed by atoms with E-state index in [2.05, 4.69) is 22.8 Å². The molecule has 7 heteroatoms. The first-order chi connectivity index (χ1) is 11.0. The topological polar surface area (TPSA) is 79.6 Å². The number of nitro groups is 1. The minimum absolute atomic E-state index is 0.0676. The van der Waals surface area contributed by atoms with Gasteiger partial charge in [-0.15, -0.1) is 0 Å². The van der Waals surface area contributed by atoms with Crippen molar-refractivity contribution in [2.24, 2.45) is 11.0 Å². The number of nitrogens with one attached hydrogen (secondary N) is 2.